The lowest BCUT2D eigenvalue weighted by Gasteiger charge is -2.26. The summed E-state index contributed by atoms with van der Waals surface area (Å²) in [5.74, 6) is -1.22. The number of nitrogens with zero attached hydrogens (tertiary/aromatic N) is 1. The molecule has 1 aliphatic heterocycles. The summed E-state index contributed by atoms with van der Waals surface area (Å²) >= 11 is 1.37. The van der Waals surface area contributed by atoms with Crippen molar-refractivity contribution in [1.82, 2.24) is 4.90 Å². The first-order valence-electron chi connectivity index (χ1n) is 9.88. The first-order valence-corrected chi connectivity index (χ1v) is 12.4. The van der Waals surface area contributed by atoms with Gasteiger partial charge in [0.05, 0.1) is 23.3 Å². The third-order valence-electron chi connectivity index (χ3n) is 5.02. The number of benzene rings is 1. The maximum atomic E-state index is 12.5. The number of carbonyl (C=O) groups is 2. The topological polar surface area (TPSA) is 92.8 Å². The van der Waals surface area contributed by atoms with E-state index in [-0.39, 0.29) is 29.5 Å². The molecule has 2 aromatic rings. The average molecular weight is 487 g/mol. The van der Waals surface area contributed by atoms with Crippen molar-refractivity contribution in [3.63, 3.8) is 0 Å². The van der Waals surface area contributed by atoms with E-state index in [4.69, 9.17) is 4.74 Å². The molecule has 7 nitrogen and oxygen atoms in total. The van der Waals surface area contributed by atoms with Gasteiger partial charge in [0.2, 0.25) is 5.91 Å². The van der Waals surface area contributed by atoms with Crippen LogP contribution in [0.5, 0.6) is 0 Å². The lowest BCUT2D eigenvalue weighted by atomic mass is 10.0. The van der Waals surface area contributed by atoms with E-state index in [1.807, 2.05) is 0 Å². The Morgan fingerprint density at radius 3 is 2.58 bits per heavy atom. The molecule has 0 saturated carbocycles. The summed E-state index contributed by atoms with van der Waals surface area (Å²) in [5, 5.41) is 3.19. The molecular formula is C21H27ClN2O5S2. The normalized spacial score (nSPS) is 13.7. The molecule has 0 bridgehead atoms. The smallest absolute Gasteiger partial charge is 0.341 e. The number of rotatable bonds is 8. The number of fused-ring (bicyclic) bond motifs is 1. The minimum atomic E-state index is -3.55. The molecular weight excluding hydrogens is 460 g/mol. The molecule has 0 fully saturated rings. The molecule has 0 unspecified atom stereocenters. The van der Waals surface area contributed by atoms with Crippen LogP contribution in [0.2, 0.25) is 0 Å². The van der Waals surface area contributed by atoms with Crippen LogP contribution in [0, 0.1) is 0 Å². The predicted octanol–water partition coefficient (Wildman–Crippen LogP) is 3.53. The van der Waals surface area contributed by atoms with Crippen molar-refractivity contribution in [2.75, 3.05) is 31.3 Å². The van der Waals surface area contributed by atoms with Crippen LogP contribution >= 0.6 is 23.7 Å². The monoisotopic (exact) mass is 486 g/mol. The second-order valence-corrected chi connectivity index (χ2v) is 10.4. The molecule has 1 amide bonds. The number of thiophene rings is 1. The summed E-state index contributed by atoms with van der Waals surface area (Å²) in [6.45, 7) is 4.68. The lowest BCUT2D eigenvalue weighted by Crippen LogP contribution is -2.30. The van der Waals surface area contributed by atoms with E-state index < -0.39 is 21.7 Å². The van der Waals surface area contributed by atoms with Gasteiger partial charge in [0.15, 0.2) is 9.84 Å². The molecule has 1 aromatic heterocycles. The number of sulfone groups is 1. The maximum absolute atomic E-state index is 12.5. The highest BCUT2D eigenvalue weighted by atomic mass is 35.5. The average Bonchev–Trinajstić information content (AvgIpc) is 3.09. The fraction of sp³-hybridized carbons (Fsp3) is 0.429. The van der Waals surface area contributed by atoms with Gasteiger partial charge in [0, 0.05) is 24.4 Å². The van der Waals surface area contributed by atoms with Gasteiger partial charge in [0.1, 0.15) is 5.00 Å². The van der Waals surface area contributed by atoms with Crippen molar-refractivity contribution in [3.8, 4) is 0 Å². The molecule has 170 valence electrons. The molecule has 31 heavy (non-hydrogen) atoms. The van der Waals surface area contributed by atoms with Crippen LogP contribution in [0.4, 0.5) is 5.00 Å². The molecule has 2 heterocycles. The van der Waals surface area contributed by atoms with Gasteiger partial charge in [-0.15, -0.1) is 23.7 Å². The van der Waals surface area contributed by atoms with E-state index in [9.17, 15) is 18.0 Å². The van der Waals surface area contributed by atoms with Gasteiger partial charge in [-0.3, -0.25) is 9.69 Å². The Hall–Kier alpha value is -1.94. The van der Waals surface area contributed by atoms with Gasteiger partial charge >= 0.3 is 5.97 Å². The first kappa shape index (κ1) is 25.3. The number of esters is 1. The molecule has 3 rings (SSSR count). The summed E-state index contributed by atoms with van der Waals surface area (Å²) in [7, 11) is -2.23. The fourth-order valence-corrected chi connectivity index (χ4v) is 6.09. The Bertz CT molecular complexity index is 1020. The van der Waals surface area contributed by atoms with E-state index in [0.29, 0.717) is 17.0 Å². The molecule has 1 aliphatic rings. The summed E-state index contributed by atoms with van der Waals surface area (Å²) in [6.07, 6.45) is 1.57. The molecule has 0 radical (unpaired) electrons. The van der Waals surface area contributed by atoms with Crippen LogP contribution in [0.25, 0.3) is 0 Å². The summed E-state index contributed by atoms with van der Waals surface area (Å²) in [6, 6.07) is 8.05. The first-order chi connectivity index (χ1) is 14.4. The third kappa shape index (κ3) is 6.06. The third-order valence-corrected chi connectivity index (χ3v) is 7.88. The van der Waals surface area contributed by atoms with Crippen molar-refractivity contribution in [2.24, 2.45) is 0 Å². The second-order valence-electron chi connectivity index (χ2n) is 7.16. The van der Waals surface area contributed by atoms with Gasteiger partial charge in [-0.05, 0) is 37.1 Å². The predicted molar refractivity (Wildman–Crippen MR) is 124 cm³/mol. The summed E-state index contributed by atoms with van der Waals surface area (Å²) < 4.78 is 29.8. The number of halogens is 1. The molecule has 0 saturated heterocycles. The van der Waals surface area contributed by atoms with Crippen LogP contribution in [0.3, 0.4) is 0 Å². The quantitative estimate of drug-likeness (QED) is 0.574. The van der Waals surface area contributed by atoms with Gasteiger partial charge in [-0.1, -0.05) is 25.1 Å². The molecule has 1 N–H and O–H groups in total. The molecule has 1 aromatic carbocycles. The highest BCUT2D eigenvalue weighted by Gasteiger charge is 2.29. The van der Waals surface area contributed by atoms with Crippen LogP contribution in [0.15, 0.2) is 35.2 Å². The summed E-state index contributed by atoms with van der Waals surface area (Å²) in [4.78, 5) is 28.4. The standard InChI is InChI=1S/C21H26N2O5S2.ClH/c1-3-11-23-12-9-16-17(14-23)29-20(19(16)21(25)28-2)22-18(24)10-13-30(26,27)15-7-5-4-6-8-15;/h4-8H,3,9-14H2,1-2H3,(H,22,24);1H. The van der Waals surface area contributed by atoms with Crippen molar-refractivity contribution in [1.29, 1.82) is 0 Å². The Morgan fingerprint density at radius 1 is 1.23 bits per heavy atom. The van der Waals surface area contributed by atoms with Crippen molar-refractivity contribution in [3.05, 3.63) is 46.3 Å². The number of carbonyl (C=O) groups excluding carboxylic acids is 2. The van der Waals surface area contributed by atoms with Crippen molar-refractivity contribution in [2.45, 2.75) is 37.6 Å². The number of nitrogens with one attached hydrogen (secondary N) is 1. The highest BCUT2D eigenvalue weighted by molar-refractivity contribution is 7.91. The van der Waals surface area contributed by atoms with Crippen LogP contribution < -0.4 is 5.32 Å². The summed E-state index contributed by atoms with van der Waals surface area (Å²) in [5.41, 5.74) is 1.32. The van der Waals surface area contributed by atoms with E-state index in [1.54, 1.807) is 18.2 Å². The lowest BCUT2D eigenvalue weighted by molar-refractivity contribution is -0.115. The van der Waals surface area contributed by atoms with Crippen LogP contribution in [-0.2, 0) is 32.3 Å². The van der Waals surface area contributed by atoms with Crippen molar-refractivity contribution >= 4 is 50.5 Å². The Balaban J connectivity index is 0.00000341. The van der Waals surface area contributed by atoms with Gasteiger partial charge < -0.3 is 10.1 Å². The van der Waals surface area contributed by atoms with Crippen molar-refractivity contribution < 1.29 is 22.7 Å². The minimum Gasteiger partial charge on any atom is -0.465 e. The molecule has 0 aliphatic carbocycles. The molecule has 0 atom stereocenters. The SMILES string of the molecule is CCCN1CCc2c(sc(NC(=O)CCS(=O)(=O)c3ccccc3)c2C(=O)OC)C1.Cl. The highest BCUT2D eigenvalue weighted by Crippen LogP contribution is 2.37. The van der Waals surface area contributed by atoms with Crippen LogP contribution in [-0.4, -0.2) is 51.1 Å². The maximum Gasteiger partial charge on any atom is 0.341 e. The number of hydrogen-bond acceptors (Lipinski definition) is 7. The van der Waals surface area contributed by atoms with Gasteiger partial charge in [-0.25, -0.2) is 13.2 Å². The minimum absolute atomic E-state index is 0. The number of hydrogen-bond donors (Lipinski definition) is 1. The Labute approximate surface area is 193 Å². The van der Waals surface area contributed by atoms with Gasteiger partial charge in [0.25, 0.3) is 0 Å². The molecule has 10 heteroatoms. The molecule has 0 spiro atoms. The largest absolute Gasteiger partial charge is 0.465 e. The van der Waals surface area contributed by atoms with E-state index >= 15 is 0 Å². The fourth-order valence-electron chi connectivity index (χ4n) is 3.53. The number of amides is 1. The zero-order valence-corrected chi connectivity index (χ0v) is 20.0. The number of anilines is 1. The van der Waals surface area contributed by atoms with E-state index in [1.165, 1.54) is 30.6 Å². The van der Waals surface area contributed by atoms with E-state index in [0.717, 1.165) is 36.5 Å². The zero-order valence-electron chi connectivity index (χ0n) is 17.5. The Morgan fingerprint density at radius 2 is 1.94 bits per heavy atom. The van der Waals surface area contributed by atoms with E-state index in [2.05, 4.69) is 17.1 Å². The number of methoxy groups -OCH3 is 1. The van der Waals surface area contributed by atoms with Crippen LogP contribution in [0.1, 0.15) is 40.6 Å². The van der Waals surface area contributed by atoms with Gasteiger partial charge in [-0.2, -0.15) is 0 Å². The second kappa shape index (κ2) is 11.1. The number of ether oxygens (including phenoxy) is 1. The Kier molecular flexibility index (Phi) is 9.05. The zero-order chi connectivity index (χ0) is 21.7.